The Balaban J connectivity index is 2.04. The van der Waals surface area contributed by atoms with E-state index in [1.165, 1.54) is 0 Å². The van der Waals surface area contributed by atoms with Gasteiger partial charge >= 0.3 is 0 Å². The molecule has 25 heavy (non-hydrogen) atoms. The lowest BCUT2D eigenvalue weighted by Gasteiger charge is -2.25. The highest BCUT2D eigenvalue weighted by atomic mass is 16.5. The second-order valence-electron chi connectivity index (χ2n) is 5.79. The number of nitrogens with zero attached hydrogens (tertiary/aromatic N) is 1. The number of carbonyl (C=O) groups excluding carboxylic acids is 1. The van der Waals surface area contributed by atoms with Crippen LogP contribution in [0.2, 0.25) is 0 Å². The molecule has 1 aliphatic rings. The van der Waals surface area contributed by atoms with Crippen LogP contribution in [0.4, 0.5) is 0 Å². The summed E-state index contributed by atoms with van der Waals surface area (Å²) in [6, 6.07) is 16.1. The first kappa shape index (κ1) is 17.0. The summed E-state index contributed by atoms with van der Waals surface area (Å²) in [5.41, 5.74) is 1.88. The fraction of sp³-hybridized carbons (Fsp3) is 0.250. The number of ether oxygens (including phenoxy) is 2. The number of hydrogen-bond donors (Lipinski definition) is 1. The summed E-state index contributed by atoms with van der Waals surface area (Å²) in [7, 11) is 3.19. The van der Waals surface area contributed by atoms with Crippen molar-refractivity contribution in [2.45, 2.75) is 6.04 Å². The minimum absolute atomic E-state index is 0.0671. The van der Waals surface area contributed by atoms with Crippen molar-refractivity contribution in [2.75, 3.05) is 27.4 Å². The third-order valence-corrected chi connectivity index (χ3v) is 4.33. The van der Waals surface area contributed by atoms with E-state index in [0.29, 0.717) is 24.3 Å². The van der Waals surface area contributed by atoms with Crippen molar-refractivity contribution in [3.63, 3.8) is 0 Å². The van der Waals surface area contributed by atoms with Crippen LogP contribution >= 0.6 is 0 Å². The Hall–Kier alpha value is -2.79. The summed E-state index contributed by atoms with van der Waals surface area (Å²) in [6.45, 7) is 0.792. The topological polar surface area (TPSA) is 59.0 Å². The Bertz CT molecular complexity index is 768. The van der Waals surface area contributed by atoms with Crippen LogP contribution in [0, 0.1) is 0 Å². The van der Waals surface area contributed by atoms with Crippen LogP contribution in [0.5, 0.6) is 5.75 Å². The summed E-state index contributed by atoms with van der Waals surface area (Å²) in [5, 5.41) is 10.9. The summed E-state index contributed by atoms with van der Waals surface area (Å²) in [6.07, 6.45) is 0. The summed E-state index contributed by atoms with van der Waals surface area (Å²) in [5.74, 6) is 0.599. The highest BCUT2D eigenvalue weighted by molar-refractivity contribution is 6.22. The van der Waals surface area contributed by atoms with Gasteiger partial charge in [0.2, 0.25) is 0 Å². The molecule has 5 nitrogen and oxygen atoms in total. The van der Waals surface area contributed by atoms with Crippen LogP contribution < -0.4 is 4.74 Å². The molecule has 1 atom stereocenters. The van der Waals surface area contributed by atoms with Crippen molar-refractivity contribution >= 4 is 11.5 Å². The van der Waals surface area contributed by atoms with E-state index in [0.717, 1.165) is 11.3 Å². The van der Waals surface area contributed by atoms with Gasteiger partial charge in [0.1, 0.15) is 17.6 Å². The second kappa shape index (κ2) is 7.40. The fourth-order valence-electron chi connectivity index (χ4n) is 3.08. The van der Waals surface area contributed by atoms with Gasteiger partial charge in [-0.2, -0.15) is 0 Å². The number of aliphatic hydroxyl groups is 1. The maximum absolute atomic E-state index is 13.0. The molecule has 0 aromatic heterocycles. The van der Waals surface area contributed by atoms with E-state index in [4.69, 9.17) is 9.47 Å². The highest BCUT2D eigenvalue weighted by Gasteiger charge is 2.40. The fourth-order valence-corrected chi connectivity index (χ4v) is 3.08. The van der Waals surface area contributed by atoms with Crippen LogP contribution in [0.25, 0.3) is 5.57 Å². The van der Waals surface area contributed by atoms with Gasteiger partial charge in [-0.3, -0.25) is 4.79 Å². The largest absolute Gasteiger partial charge is 0.509 e. The molecule has 0 saturated heterocycles. The molecule has 5 heteroatoms. The van der Waals surface area contributed by atoms with E-state index in [1.807, 2.05) is 54.6 Å². The standard InChI is InChI=1S/C20H21NO4/c1-24-13-12-21-18(15-8-10-16(25-2)11-9-15)19(22)17(20(21)23)14-6-4-3-5-7-14/h3-11,18,22H,12-13H2,1-2H3. The molecule has 1 aliphatic heterocycles. The van der Waals surface area contributed by atoms with Crippen LogP contribution in [0.1, 0.15) is 17.2 Å². The van der Waals surface area contributed by atoms with E-state index in [-0.39, 0.29) is 11.7 Å². The van der Waals surface area contributed by atoms with E-state index >= 15 is 0 Å². The molecule has 3 rings (SSSR count). The second-order valence-corrected chi connectivity index (χ2v) is 5.79. The first-order valence-corrected chi connectivity index (χ1v) is 8.09. The minimum atomic E-state index is -0.524. The average Bonchev–Trinajstić information content (AvgIpc) is 2.90. The van der Waals surface area contributed by atoms with Gasteiger partial charge in [-0.15, -0.1) is 0 Å². The third kappa shape index (κ3) is 3.23. The number of carbonyl (C=O) groups is 1. The van der Waals surface area contributed by atoms with Gasteiger partial charge in [-0.05, 0) is 23.3 Å². The molecular formula is C20H21NO4. The Morgan fingerprint density at radius 3 is 2.32 bits per heavy atom. The molecule has 0 radical (unpaired) electrons. The van der Waals surface area contributed by atoms with Gasteiger partial charge in [0.25, 0.3) is 5.91 Å². The third-order valence-electron chi connectivity index (χ3n) is 4.33. The Kier molecular flexibility index (Phi) is 5.05. The lowest BCUT2D eigenvalue weighted by atomic mass is 10.0. The van der Waals surface area contributed by atoms with Crippen LogP contribution in [-0.4, -0.2) is 43.3 Å². The summed E-state index contributed by atoms with van der Waals surface area (Å²) in [4.78, 5) is 14.6. The summed E-state index contributed by atoms with van der Waals surface area (Å²) >= 11 is 0. The highest BCUT2D eigenvalue weighted by Crippen LogP contribution is 2.40. The Morgan fingerprint density at radius 2 is 1.72 bits per heavy atom. The lowest BCUT2D eigenvalue weighted by Crippen LogP contribution is -2.33. The van der Waals surface area contributed by atoms with Crippen molar-refractivity contribution in [1.29, 1.82) is 0 Å². The average molecular weight is 339 g/mol. The number of methoxy groups -OCH3 is 2. The lowest BCUT2D eigenvalue weighted by molar-refractivity contribution is -0.126. The van der Waals surface area contributed by atoms with Gasteiger partial charge in [0.15, 0.2) is 0 Å². The molecule has 0 fully saturated rings. The van der Waals surface area contributed by atoms with Crippen LogP contribution in [0.3, 0.4) is 0 Å². The molecular weight excluding hydrogens is 318 g/mol. The van der Waals surface area contributed by atoms with Gasteiger partial charge in [0, 0.05) is 13.7 Å². The Morgan fingerprint density at radius 1 is 1.04 bits per heavy atom. The van der Waals surface area contributed by atoms with Gasteiger partial charge in [0.05, 0.1) is 19.3 Å². The first-order chi connectivity index (χ1) is 12.2. The zero-order valence-electron chi connectivity index (χ0n) is 14.3. The monoisotopic (exact) mass is 339 g/mol. The SMILES string of the molecule is COCCN1C(=O)C(c2ccccc2)=C(O)C1c1ccc(OC)cc1. The predicted octanol–water partition coefficient (Wildman–Crippen LogP) is 3.19. The molecule has 0 aliphatic carbocycles. The van der Waals surface area contributed by atoms with Crippen molar-refractivity contribution in [3.8, 4) is 5.75 Å². The van der Waals surface area contributed by atoms with E-state index in [2.05, 4.69) is 0 Å². The smallest absolute Gasteiger partial charge is 0.258 e. The maximum atomic E-state index is 13.0. The molecule has 0 bridgehead atoms. The van der Waals surface area contributed by atoms with E-state index in [9.17, 15) is 9.90 Å². The van der Waals surface area contributed by atoms with Crippen molar-refractivity contribution < 1.29 is 19.4 Å². The molecule has 130 valence electrons. The van der Waals surface area contributed by atoms with Gasteiger partial charge in [-0.25, -0.2) is 0 Å². The van der Waals surface area contributed by atoms with Crippen molar-refractivity contribution in [2.24, 2.45) is 0 Å². The summed E-state index contributed by atoms with van der Waals surface area (Å²) < 4.78 is 10.3. The van der Waals surface area contributed by atoms with E-state index in [1.54, 1.807) is 19.1 Å². The first-order valence-electron chi connectivity index (χ1n) is 8.09. The van der Waals surface area contributed by atoms with Gasteiger partial charge < -0.3 is 19.5 Å². The molecule has 2 aromatic carbocycles. The molecule has 0 spiro atoms. The molecule has 1 N–H and O–H groups in total. The maximum Gasteiger partial charge on any atom is 0.258 e. The molecule has 1 unspecified atom stereocenters. The Labute approximate surface area is 147 Å². The normalized spacial score (nSPS) is 17.3. The van der Waals surface area contributed by atoms with Crippen LogP contribution in [-0.2, 0) is 9.53 Å². The van der Waals surface area contributed by atoms with Crippen molar-refractivity contribution in [3.05, 3.63) is 71.5 Å². The number of rotatable bonds is 6. The quantitative estimate of drug-likeness (QED) is 0.878. The zero-order valence-corrected chi connectivity index (χ0v) is 14.3. The number of aliphatic hydroxyl groups excluding tert-OH is 1. The van der Waals surface area contributed by atoms with E-state index < -0.39 is 6.04 Å². The number of amides is 1. The molecule has 2 aromatic rings. The van der Waals surface area contributed by atoms with Crippen molar-refractivity contribution in [1.82, 2.24) is 4.90 Å². The predicted molar refractivity (Wildman–Crippen MR) is 95.3 cm³/mol. The molecule has 1 heterocycles. The molecule has 1 amide bonds. The van der Waals surface area contributed by atoms with Crippen LogP contribution in [0.15, 0.2) is 60.4 Å². The molecule has 0 saturated carbocycles. The number of benzene rings is 2. The minimum Gasteiger partial charge on any atom is -0.509 e. The number of hydrogen-bond acceptors (Lipinski definition) is 4. The van der Waals surface area contributed by atoms with Gasteiger partial charge in [-0.1, -0.05) is 42.5 Å². The zero-order chi connectivity index (χ0) is 17.8.